The van der Waals surface area contributed by atoms with E-state index >= 15 is 0 Å². The van der Waals surface area contributed by atoms with E-state index in [4.69, 9.17) is 10.5 Å². The fourth-order valence-electron chi connectivity index (χ4n) is 2.30. The Kier molecular flexibility index (Phi) is 3.85. The number of ether oxygens (including phenoxy) is 1. The lowest BCUT2D eigenvalue weighted by Gasteiger charge is -2.34. The van der Waals surface area contributed by atoms with E-state index in [9.17, 15) is 0 Å². The molecule has 1 aromatic rings. The van der Waals surface area contributed by atoms with Gasteiger partial charge >= 0.3 is 0 Å². The first kappa shape index (κ1) is 13.7. The maximum atomic E-state index is 6.00. The molecule has 0 bridgehead atoms. The molecule has 3 nitrogen and oxygen atoms in total. The number of nitrogens with zero attached hydrogens (tertiary/aromatic N) is 1. The summed E-state index contributed by atoms with van der Waals surface area (Å²) >= 11 is 3.51. The van der Waals surface area contributed by atoms with Crippen LogP contribution < -0.4 is 10.5 Å². The minimum atomic E-state index is 0.282. The average molecular weight is 313 g/mol. The predicted octanol–water partition coefficient (Wildman–Crippen LogP) is 4.08. The van der Waals surface area contributed by atoms with Gasteiger partial charge in [-0.05, 0) is 59.5 Å². The lowest BCUT2D eigenvalue weighted by Crippen LogP contribution is -2.28. The highest BCUT2D eigenvalue weighted by molar-refractivity contribution is 9.10. The molecule has 0 atom stereocenters. The van der Waals surface area contributed by atoms with Crippen molar-refractivity contribution in [2.24, 2.45) is 5.41 Å². The van der Waals surface area contributed by atoms with Crippen molar-refractivity contribution in [3.8, 4) is 5.88 Å². The fourth-order valence-corrected chi connectivity index (χ4v) is 2.72. The van der Waals surface area contributed by atoms with E-state index in [1.165, 1.54) is 12.8 Å². The molecule has 18 heavy (non-hydrogen) atoms. The minimum absolute atomic E-state index is 0.282. The van der Waals surface area contributed by atoms with Crippen LogP contribution in [0.25, 0.3) is 0 Å². The number of halogens is 1. The van der Waals surface area contributed by atoms with Gasteiger partial charge in [-0.25, -0.2) is 4.98 Å². The lowest BCUT2D eigenvalue weighted by atomic mass is 9.76. The van der Waals surface area contributed by atoms with Gasteiger partial charge in [0.15, 0.2) is 0 Å². The van der Waals surface area contributed by atoms with Gasteiger partial charge in [-0.15, -0.1) is 0 Å². The highest BCUT2D eigenvalue weighted by atomic mass is 79.9. The summed E-state index contributed by atoms with van der Waals surface area (Å²) in [7, 11) is 0. The molecule has 0 aromatic carbocycles. The smallest absolute Gasteiger partial charge is 0.228 e. The maximum Gasteiger partial charge on any atom is 0.228 e. The molecule has 1 saturated carbocycles. The van der Waals surface area contributed by atoms with Gasteiger partial charge in [0, 0.05) is 0 Å². The summed E-state index contributed by atoms with van der Waals surface area (Å²) in [4.78, 5) is 4.27. The third-order valence-electron chi connectivity index (χ3n) is 3.84. The maximum absolute atomic E-state index is 6.00. The highest BCUT2D eigenvalue weighted by Crippen LogP contribution is 2.38. The lowest BCUT2D eigenvalue weighted by molar-refractivity contribution is 0.0942. The van der Waals surface area contributed by atoms with Crippen LogP contribution in [-0.2, 0) is 0 Å². The summed E-state index contributed by atoms with van der Waals surface area (Å²) in [6.07, 6.45) is 6.58. The van der Waals surface area contributed by atoms with E-state index in [2.05, 4.69) is 34.8 Å². The highest BCUT2D eigenvalue weighted by Gasteiger charge is 2.28. The third kappa shape index (κ3) is 2.97. The van der Waals surface area contributed by atoms with Crippen molar-refractivity contribution in [1.29, 1.82) is 0 Å². The summed E-state index contributed by atoms with van der Waals surface area (Å²) in [6.45, 7) is 6.62. The van der Waals surface area contributed by atoms with Crippen LogP contribution in [0.5, 0.6) is 5.88 Å². The van der Waals surface area contributed by atoms with E-state index in [1.807, 2.05) is 6.92 Å². The third-order valence-corrected chi connectivity index (χ3v) is 4.77. The SMILES string of the molecule is Cc1c(N)cnc(OC2CCC(C)(C)CC2)c1Br. The molecule has 1 fully saturated rings. The van der Waals surface area contributed by atoms with Gasteiger partial charge in [0.25, 0.3) is 0 Å². The van der Waals surface area contributed by atoms with Crippen LogP contribution in [0.15, 0.2) is 10.7 Å². The van der Waals surface area contributed by atoms with Crippen molar-refractivity contribution in [2.75, 3.05) is 5.73 Å². The molecule has 1 aliphatic carbocycles. The standard InChI is InChI=1S/C14H21BrN2O/c1-9-11(16)8-17-13(12(9)15)18-10-4-6-14(2,3)7-5-10/h8,10H,4-7,16H2,1-3H3. The molecular weight excluding hydrogens is 292 g/mol. The number of pyridine rings is 1. The molecule has 2 N–H and O–H groups in total. The van der Waals surface area contributed by atoms with Crippen molar-refractivity contribution in [3.05, 3.63) is 16.2 Å². The second-order valence-corrected chi connectivity index (χ2v) is 6.73. The summed E-state index contributed by atoms with van der Waals surface area (Å²) < 4.78 is 6.88. The summed E-state index contributed by atoms with van der Waals surface area (Å²) in [5, 5.41) is 0. The fraction of sp³-hybridized carbons (Fsp3) is 0.643. The Morgan fingerprint density at radius 3 is 2.61 bits per heavy atom. The Bertz CT molecular complexity index is 436. The molecule has 1 heterocycles. The normalized spacial score (nSPS) is 19.8. The van der Waals surface area contributed by atoms with E-state index in [0.717, 1.165) is 22.9 Å². The summed E-state index contributed by atoms with van der Waals surface area (Å²) in [5.41, 5.74) is 7.96. The molecule has 0 radical (unpaired) electrons. The molecule has 0 unspecified atom stereocenters. The number of nitrogen functional groups attached to an aromatic ring is 1. The Balaban J connectivity index is 2.05. The second-order valence-electron chi connectivity index (χ2n) is 5.94. The zero-order valence-electron chi connectivity index (χ0n) is 11.3. The van der Waals surface area contributed by atoms with Crippen LogP contribution in [-0.4, -0.2) is 11.1 Å². The molecule has 2 rings (SSSR count). The van der Waals surface area contributed by atoms with Crippen LogP contribution in [0.3, 0.4) is 0 Å². The number of rotatable bonds is 2. The van der Waals surface area contributed by atoms with Crippen molar-refractivity contribution in [2.45, 2.75) is 52.6 Å². The molecular formula is C14H21BrN2O. The molecule has 0 aliphatic heterocycles. The quantitative estimate of drug-likeness (QED) is 0.895. The second kappa shape index (κ2) is 5.08. The van der Waals surface area contributed by atoms with E-state index in [-0.39, 0.29) is 6.10 Å². The number of anilines is 1. The van der Waals surface area contributed by atoms with Crippen LogP contribution >= 0.6 is 15.9 Å². The van der Waals surface area contributed by atoms with Crippen LogP contribution in [0.1, 0.15) is 45.1 Å². The Hall–Kier alpha value is -0.770. The molecule has 0 spiro atoms. The van der Waals surface area contributed by atoms with Gasteiger partial charge in [0.1, 0.15) is 6.10 Å². The van der Waals surface area contributed by atoms with Crippen molar-refractivity contribution in [3.63, 3.8) is 0 Å². The minimum Gasteiger partial charge on any atom is -0.474 e. The zero-order valence-corrected chi connectivity index (χ0v) is 12.9. The molecule has 1 aliphatic rings. The number of nitrogens with two attached hydrogens (primary N) is 1. The van der Waals surface area contributed by atoms with Crippen LogP contribution in [0.4, 0.5) is 5.69 Å². The first-order valence-electron chi connectivity index (χ1n) is 6.46. The van der Waals surface area contributed by atoms with E-state index in [1.54, 1.807) is 6.20 Å². The summed E-state index contributed by atoms with van der Waals surface area (Å²) in [5.74, 6) is 0.673. The van der Waals surface area contributed by atoms with Gasteiger partial charge in [0.05, 0.1) is 16.4 Å². The first-order valence-corrected chi connectivity index (χ1v) is 7.25. The molecule has 4 heteroatoms. The van der Waals surface area contributed by atoms with Crippen molar-refractivity contribution in [1.82, 2.24) is 4.98 Å². The van der Waals surface area contributed by atoms with Gasteiger partial charge in [0.2, 0.25) is 5.88 Å². The monoisotopic (exact) mass is 312 g/mol. The van der Waals surface area contributed by atoms with Crippen LogP contribution in [0.2, 0.25) is 0 Å². The largest absolute Gasteiger partial charge is 0.474 e. The van der Waals surface area contributed by atoms with Gasteiger partial charge in [-0.2, -0.15) is 0 Å². The van der Waals surface area contributed by atoms with Crippen molar-refractivity contribution >= 4 is 21.6 Å². The average Bonchev–Trinajstić information content (AvgIpc) is 2.32. The topological polar surface area (TPSA) is 48.1 Å². The molecule has 0 saturated heterocycles. The molecule has 0 amide bonds. The van der Waals surface area contributed by atoms with E-state index in [0.29, 0.717) is 17.0 Å². The van der Waals surface area contributed by atoms with Crippen LogP contribution in [0, 0.1) is 12.3 Å². The first-order chi connectivity index (χ1) is 8.39. The van der Waals surface area contributed by atoms with Gasteiger partial charge in [-0.3, -0.25) is 0 Å². The molecule has 1 aromatic heterocycles. The Morgan fingerprint density at radius 2 is 2.00 bits per heavy atom. The number of hydrogen-bond donors (Lipinski definition) is 1. The van der Waals surface area contributed by atoms with Crippen molar-refractivity contribution < 1.29 is 4.74 Å². The Labute approximate surface area is 117 Å². The molecule has 100 valence electrons. The zero-order chi connectivity index (χ0) is 13.3. The number of hydrogen-bond acceptors (Lipinski definition) is 3. The Morgan fingerprint density at radius 1 is 1.39 bits per heavy atom. The number of aromatic nitrogens is 1. The summed E-state index contributed by atoms with van der Waals surface area (Å²) in [6, 6.07) is 0. The predicted molar refractivity (Wildman–Crippen MR) is 77.8 cm³/mol. The van der Waals surface area contributed by atoms with E-state index < -0.39 is 0 Å². The van der Waals surface area contributed by atoms with Gasteiger partial charge < -0.3 is 10.5 Å². The van der Waals surface area contributed by atoms with Gasteiger partial charge in [-0.1, -0.05) is 13.8 Å².